The molecule has 28 nitrogen and oxygen atoms in total. The van der Waals surface area contributed by atoms with Gasteiger partial charge in [0.05, 0.1) is 75.2 Å². The van der Waals surface area contributed by atoms with Crippen LogP contribution in [0.2, 0.25) is 0 Å². The summed E-state index contributed by atoms with van der Waals surface area (Å²) in [5.74, 6) is -3.11. The molecule has 0 saturated carbocycles. The number of carbonyl (C=O) groups is 10. The van der Waals surface area contributed by atoms with Crippen LogP contribution in [-0.2, 0) is 35.3 Å². The molecule has 4 unspecified atom stereocenters. The average Bonchev–Trinajstić information content (AvgIpc) is 1.87. The number of benzene rings is 3. The van der Waals surface area contributed by atoms with E-state index in [-0.39, 0.29) is 142 Å². The average molecular weight is 1270 g/mol. The molecule has 3 aliphatic heterocycles. The molecule has 2 saturated heterocycles. The molecule has 0 bridgehead atoms. The van der Waals surface area contributed by atoms with E-state index in [0.29, 0.717) is 62.6 Å². The van der Waals surface area contributed by atoms with Crippen LogP contribution in [0.1, 0.15) is 111 Å². The van der Waals surface area contributed by atoms with Crippen LogP contribution >= 0.6 is 0 Å². The van der Waals surface area contributed by atoms with Crippen molar-refractivity contribution < 1.29 is 86.9 Å². The smallest absolute Gasteiger partial charge is 0.411 e. The predicted molar refractivity (Wildman–Crippen MR) is 333 cm³/mol. The van der Waals surface area contributed by atoms with E-state index >= 15 is 0 Å². The number of nitrogens with one attached hydrogen (secondary N) is 6. The lowest BCUT2D eigenvalue weighted by molar-refractivity contribution is -0.137. The fraction of sp³-hybridized carbons (Fsp3) is 0.460. The summed E-state index contributed by atoms with van der Waals surface area (Å²) in [4.78, 5) is 133. The van der Waals surface area contributed by atoms with Crippen LogP contribution in [0.4, 0.5) is 31.4 Å². The van der Waals surface area contributed by atoms with Gasteiger partial charge in [-0.05, 0) is 93.5 Å². The Kier molecular flexibility index (Phi) is 26.5. The third-order valence-corrected chi connectivity index (χ3v) is 15.2. The monoisotopic (exact) mass is 1270 g/mol. The number of aliphatic hydroxyl groups excluding tert-OH is 2. The summed E-state index contributed by atoms with van der Waals surface area (Å²) in [5.41, 5.74) is 7.51. The van der Waals surface area contributed by atoms with Crippen molar-refractivity contribution in [3.63, 3.8) is 0 Å². The number of rotatable bonds is 34. The number of imide groups is 1. The van der Waals surface area contributed by atoms with Gasteiger partial charge >= 0.3 is 18.2 Å². The first-order valence-electron chi connectivity index (χ1n) is 29.9. The maximum Gasteiger partial charge on any atom is 0.411 e. The van der Waals surface area contributed by atoms with Crippen LogP contribution in [-0.4, -0.2) is 181 Å². The van der Waals surface area contributed by atoms with Gasteiger partial charge in [-0.2, -0.15) is 0 Å². The highest BCUT2D eigenvalue weighted by molar-refractivity contribution is 6.13. The van der Waals surface area contributed by atoms with Gasteiger partial charge in [-0.25, -0.2) is 14.4 Å². The lowest BCUT2D eigenvalue weighted by Crippen LogP contribution is -2.54. The van der Waals surface area contributed by atoms with Crippen LogP contribution in [0.15, 0.2) is 85.0 Å². The number of unbranched alkanes of at least 4 members (excludes halogenated alkanes) is 4. The largest absolute Gasteiger partial charge is 0.493 e. The van der Waals surface area contributed by atoms with Crippen molar-refractivity contribution in [2.75, 3.05) is 82.8 Å². The molecule has 91 heavy (non-hydrogen) atoms. The summed E-state index contributed by atoms with van der Waals surface area (Å²) >= 11 is 0. The van der Waals surface area contributed by atoms with Crippen molar-refractivity contribution in [3.05, 3.63) is 102 Å². The number of primary amides is 1. The number of amides is 11. The van der Waals surface area contributed by atoms with Crippen molar-refractivity contribution in [1.29, 1.82) is 0 Å². The summed E-state index contributed by atoms with van der Waals surface area (Å²) in [6, 6.07) is 7.89. The zero-order valence-corrected chi connectivity index (χ0v) is 51.6. The summed E-state index contributed by atoms with van der Waals surface area (Å²) in [6.45, 7) is 11.5. The highest BCUT2D eigenvalue weighted by atomic mass is 16.5. The number of urea groups is 1. The number of nitrogens with two attached hydrogens (primary N) is 1. The molecular weight excluding hydrogens is 1180 g/mol. The van der Waals surface area contributed by atoms with Gasteiger partial charge in [-0.15, -0.1) is 0 Å². The van der Waals surface area contributed by atoms with E-state index in [1.807, 2.05) is 0 Å². The molecule has 492 valence electrons. The number of carbonyl (C=O) groups excluding carboxylic acids is 9. The van der Waals surface area contributed by atoms with E-state index in [0.717, 1.165) is 16.0 Å². The predicted octanol–water partition coefficient (Wildman–Crippen LogP) is 5.19. The molecule has 2 fully saturated rings. The molecule has 4 atom stereocenters. The summed E-state index contributed by atoms with van der Waals surface area (Å²) in [7, 11) is 2.77. The van der Waals surface area contributed by atoms with E-state index in [9.17, 15) is 63.3 Å². The van der Waals surface area contributed by atoms with Gasteiger partial charge < -0.3 is 75.8 Å². The van der Waals surface area contributed by atoms with Gasteiger partial charge in [0.15, 0.2) is 23.0 Å². The maximum atomic E-state index is 14.2. The standard InChI is InChI=1S/C63H82N10O18/c1-37(2)56(70-53(76)15-9-7-10-23-71-54(77)20-21-55(71)78)58(80)67-46(14-13-22-65-61(64)83)57(79)66-41-18-16-40(17-19-41)36-91-63(86)69-48-31-52(50(88-6)29-45(48)60(82)73-33-39(4)27-43(73)35-75)90-25-12-8-11-24-89-51-30-47(68-62(84)85)44(28-49(51)87-5)59(81)72-32-38(3)26-42(72)34-74/h16-21,28-31,37,42-43,46,56,68,74-75H,3-4,7-15,22-27,32-36H2,1-2,5-6H3,(H,66,79)(H,67,80)(H,69,86)(H,70,76)(H,84,85)(H3,64,65,83). The first kappa shape index (κ1) is 70.4. The summed E-state index contributed by atoms with van der Waals surface area (Å²) < 4.78 is 28.9. The quantitative estimate of drug-likeness (QED) is 0.0209. The number of nitrogens with zero attached hydrogens (tertiary/aromatic N) is 3. The Morgan fingerprint density at radius 3 is 1.71 bits per heavy atom. The third-order valence-electron chi connectivity index (χ3n) is 15.2. The van der Waals surface area contributed by atoms with Crippen LogP contribution < -0.4 is 56.6 Å². The lowest BCUT2D eigenvalue weighted by atomic mass is 10.0. The number of anilines is 3. The van der Waals surface area contributed by atoms with Crippen molar-refractivity contribution in [2.24, 2.45) is 11.7 Å². The van der Waals surface area contributed by atoms with E-state index in [2.05, 4.69) is 45.1 Å². The van der Waals surface area contributed by atoms with Gasteiger partial charge in [-0.3, -0.25) is 49.1 Å². The zero-order chi connectivity index (χ0) is 66.3. The second-order valence-electron chi connectivity index (χ2n) is 22.4. The zero-order valence-electron chi connectivity index (χ0n) is 51.6. The number of ether oxygens (including phenoxy) is 5. The summed E-state index contributed by atoms with van der Waals surface area (Å²) in [6.07, 6.45) is 4.28. The second kappa shape index (κ2) is 34.3. The van der Waals surface area contributed by atoms with Gasteiger partial charge in [0, 0.05) is 62.6 Å². The van der Waals surface area contributed by atoms with Crippen molar-refractivity contribution in [2.45, 2.75) is 115 Å². The van der Waals surface area contributed by atoms with Crippen LogP contribution in [0, 0.1) is 5.92 Å². The van der Waals surface area contributed by atoms with Gasteiger partial charge in [0.2, 0.25) is 17.7 Å². The van der Waals surface area contributed by atoms with Crippen LogP contribution in [0.25, 0.3) is 0 Å². The topological polar surface area (TPSA) is 385 Å². The van der Waals surface area contributed by atoms with Crippen molar-refractivity contribution in [3.8, 4) is 23.0 Å². The lowest BCUT2D eigenvalue weighted by Gasteiger charge is -2.25. The number of hydrogen-bond donors (Lipinski definition) is 10. The fourth-order valence-electron chi connectivity index (χ4n) is 10.4. The van der Waals surface area contributed by atoms with Gasteiger partial charge in [0.1, 0.15) is 18.7 Å². The molecule has 28 heteroatoms. The minimum Gasteiger partial charge on any atom is -0.493 e. The Bertz CT molecular complexity index is 3190. The number of methoxy groups -OCH3 is 2. The van der Waals surface area contributed by atoms with Crippen molar-refractivity contribution >= 4 is 76.6 Å². The molecule has 11 N–H and O–H groups in total. The number of hydrogen-bond acceptors (Lipinski definition) is 17. The molecule has 0 aromatic heterocycles. The Labute approximate surface area is 526 Å². The molecule has 0 radical (unpaired) electrons. The Balaban J connectivity index is 1.05. The first-order valence-corrected chi connectivity index (χ1v) is 29.9. The van der Waals surface area contributed by atoms with E-state index in [1.54, 1.807) is 38.1 Å². The molecule has 3 aromatic rings. The Morgan fingerprint density at radius 2 is 1.21 bits per heavy atom. The van der Waals surface area contributed by atoms with Crippen molar-refractivity contribution in [1.82, 2.24) is 30.7 Å². The van der Waals surface area contributed by atoms with Crippen LogP contribution in [0.5, 0.6) is 23.0 Å². The highest BCUT2D eigenvalue weighted by Gasteiger charge is 2.36. The fourth-order valence-corrected chi connectivity index (χ4v) is 10.4. The molecule has 3 aromatic carbocycles. The normalized spacial score (nSPS) is 15.9. The van der Waals surface area contributed by atoms with Crippen LogP contribution in [0.3, 0.4) is 0 Å². The SMILES string of the molecule is C=C1CC(CO)N(C(=O)c2cc(OC)c(OCCCCCOc3cc(NC(=O)OCc4ccc(NC(=O)C(CCCNC(N)=O)NC(=O)C(NC(=O)CCCCCN5C(=O)C=CC5=O)C(C)C)cc4)c(C(=O)N4CC(=C)CC4CO)cc3OC)cc2NC(=O)O)C1. The second-order valence-corrected chi connectivity index (χ2v) is 22.4. The van der Waals surface area contributed by atoms with Gasteiger partial charge in [0.25, 0.3) is 23.6 Å². The van der Waals surface area contributed by atoms with E-state index in [1.165, 1.54) is 60.4 Å². The number of aliphatic hydroxyl groups is 2. The van der Waals surface area contributed by atoms with E-state index < -0.39 is 71.9 Å². The molecular formula is C63H82N10O18. The molecule has 0 spiro atoms. The maximum absolute atomic E-state index is 14.2. The first-order chi connectivity index (χ1) is 43.5. The molecule has 6 rings (SSSR count). The minimum atomic E-state index is -1.41. The third kappa shape index (κ3) is 20.4. The molecule has 0 aliphatic carbocycles. The minimum absolute atomic E-state index is 0.00587. The summed E-state index contributed by atoms with van der Waals surface area (Å²) in [5, 5.41) is 45.3. The molecule has 3 aliphatic rings. The van der Waals surface area contributed by atoms with E-state index in [4.69, 9.17) is 29.4 Å². The molecule has 11 amide bonds. The number of likely N-dealkylation sites (tertiary alicyclic amines) is 2. The number of carboxylic acid groups (broad SMARTS) is 1. The Hall–Kier alpha value is -9.70. The highest BCUT2D eigenvalue weighted by Crippen LogP contribution is 2.38. The molecule has 3 heterocycles. The van der Waals surface area contributed by atoms with Gasteiger partial charge in [-0.1, -0.05) is 56.7 Å². The Morgan fingerprint density at radius 1 is 0.670 bits per heavy atom.